The zero-order chi connectivity index (χ0) is 14.3. The Labute approximate surface area is 129 Å². The van der Waals surface area contributed by atoms with Crippen molar-refractivity contribution in [2.75, 3.05) is 0 Å². The average Bonchev–Trinajstić information content (AvgIpc) is 2.80. The molecule has 4 N–H and O–H groups in total. The Morgan fingerprint density at radius 1 is 1.25 bits per heavy atom. The molecule has 2 heterocycles. The molecule has 0 bridgehead atoms. The Morgan fingerprint density at radius 3 is 2.65 bits per heavy atom. The summed E-state index contributed by atoms with van der Waals surface area (Å²) in [7, 11) is 0. The fourth-order valence-corrected chi connectivity index (χ4v) is 4.24. The molecule has 1 aromatic carbocycles. The Hall–Kier alpha value is -1.51. The summed E-state index contributed by atoms with van der Waals surface area (Å²) in [6, 6.07) is 8.27. The predicted molar refractivity (Wildman–Crippen MR) is 76.2 cm³/mol. The van der Waals surface area contributed by atoms with Crippen molar-refractivity contribution in [3.05, 3.63) is 61.1 Å². The first-order valence-corrected chi connectivity index (χ1v) is 8.46. The zero-order valence-corrected chi connectivity index (χ0v) is 13.2. The summed E-state index contributed by atoms with van der Waals surface area (Å²) in [5.74, 6) is 0. The van der Waals surface area contributed by atoms with Crippen LogP contribution in [0.25, 0.3) is 10.9 Å². The maximum atomic E-state index is 6.42. The maximum absolute atomic E-state index is 6.42. The molecule has 1 aliphatic rings. The van der Waals surface area contributed by atoms with Gasteiger partial charge in [0.25, 0.3) is 0 Å². The van der Waals surface area contributed by atoms with E-state index in [1.807, 2.05) is 22.2 Å². The van der Waals surface area contributed by atoms with Crippen LogP contribution in [-0.2, 0) is 6.54 Å². The quantitative estimate of drug-likeness (QED) is 0.509. The van der Waals surface area contributed by atoms with E-state index in [1.54, 1.807) is 12.4 Å². The molecule has 20 heavy (non-hydrogen) atoms. The van der Waals surface area contributed by atoms with Crippen molar-refractivity contribution in [1.82, 2.24) is 12.8 Å². The number of hydrogen-bond donors (Lipinski definition) is 2. The van der Waals surface area contributed by atoms with E-state index in [-0.39, 0.29) is 6.17 Å². The number of nitrogens with two attached hydrogens (primary N) is 2. The van der Waals surface area contributed by atoms with Gasteiger partial charge in [-0.2, -0.15) is 0 Å². The number of nitrogens with zero attached hydrogens (tertiary/aromatic N) is 3. The minimum atomic E-state index is -0.580. The Kier molecular flexibility index (Phi) is 3.45. The minimum absolute atomic E-state index is 0.268. The summed E-state index contributed by atoms with van der Waals surface area (Å²) in [5.41, 5.74) is 9.92. The average molecular weight is 382 g/mol. The van der Waals surface area contributed by atoms with Gasteiger partial charge in [0.2, 0.25) is 0 Å². The molecule has 0 amide bonds. The van der Waals surface area contributed by atoms with Crippen molar-refractivity contribution in [2.45, 2.75) is 12.7 Å². The van der Waals surface area contributed by atoms with Gasteiger partial charge in [-0.05, 0) is 0 Å². The normalized spacial score (nSPS) is 18.4. The molecule has 106 valence electrons. The summed E-state index contributed by atoms with van der Waals surface area (Å²) in [5, 5.41) is 5.05. The van der Waals surface area contributed by atoms with E-state index in [0.29, 0.717) is 6.54 Å². The standard InChI is InChI=1S/C14H17IN5/c1-3-18-9-12-13(14(16)19(18)4-2)10-7-5-6-8-11(10)20(12)15-17/h3-8,14H,1-2,9,16-17H2/q-1. The van der Waals surface area contributed by atoms with Gasteiger partial charge in [0.1, 0.15) is 0 Å². The summed E-state index contributed by atoms with van der Waals surface area (Å²) < 4.78 is 8.26. The molecular formula is C14H17IN5-. The van der Waals surface area contributed by atoms with Gasteiger partial charge in [0.05, 0.1) is 0 Å². The molecule has 0 saturated heterocycles. The summed E-state index contributed by atoms with van der Waals surface area (Å²) in [6.07, 6.45) is 3.23. The van der Waals surface area contributed by atoms with Crippen molar-refractivity contribution < 1.29 is 21.8 Å². The van der Waals surface area contributed by atoms with Crippen LogP contribution in [0.3, 0.4) is 0 Å². The molecule has 0 spiro atoms. The first-order valence-electron chi connectivity index (χ1n) is 6.24. The summed E-state index contributed by atoms with van der Waals surface area (Å²) in [6.45, 7) is 8.41. The molecule has 3 rings (SSSR count). The third kappa shape index (κ3) is 1.75. The summed E-state index contributed by atoms with van der Waals surface area (Å²) >= 11 is -0.580. The predicted octanol–water partition coefficient (Wildman–Crippen LogP) is -1.36. The van der Waals surface area contributed by atoms with Crippen LogP contribution in [0.1, 0.15) is 17.4 Å². The molecule has 6 heteroatoms. The van der Waals surface area contributed by atoms with Gasteiger partial charge in [0.15, 0.2) is 0 Å². The van der Waals surface area contributed by atoms with Crippen LogP contribution in [0.2, 0.25) is 0 Å². The molecule has 5 nitrogen and oxygen atoms in total. The van der Waals surface area contributed by atoms with E-state index in [9.17, 15) is 0 Å². The van der Waals surface area contributed by atoms with Crippen molar-refractivity contribution in [3.63, 3.8) is 0 Å². The molecule has 2 aromatic rings. The molecule has 0 aliphatic carbocycles. The number of hydrogen-bond acceptors (Lipinski definition) is 4. The molecule has 1 atom stereocenters. The number of para-hydroxylation sites is 1. The fourth-order valence-electron chi connectivity index (χ4n) is 2.77. The number of benzene rings is 1. The summed E-state index contributed by atoms with van der Waals surface area (Å²) in [4.78, 5) is 0. The van der Waals surface area contributed by atoms with Crippen molar-refractivity contribution in [1.29, 1.82) is 0 Å². The third-order valence-corrected chi connectivity index (χ3v) is 5.30. The van der Waals surface area contributed by atoms with E-state index in [4.69, 9.17) is 9.68 Å². The third-order valence-electron chi connectivity index (χ3n) is 3.64. The molecule has 0 saturated carbocycles. The molecule has 0 radical (unpaired) electrons. The van der Waals surface area contributed by atoms with E-state index in [2.05, 4.69) is 28.1 Å². The van der Waals surface area contributed by atoms with E-state index in [0.717, 1.165) is 11.1 Å². The second kappa shape index (κ2) is 5.12. The monoisotopic (exact) mass is 382 g/mol. The molecular weight excluding hydrogens is 365 g/mol. The topological polar surface area (TPSA) is 63.4 Å². The zero-order valence-electron chi connectivity index (χ0n) is 11.0. The van der Waals surface area contributed by atoms with Crippen LogP contribution >= 0.6 is 0 Å². The van der Waals surface area contributed by atoms with Crippen LogP contribution < -0.4 is 31.4 Å². The van der Waals surface area contributed by atoms with Gasteiger partial charge in [0, 0.05) is 0 Å². The Bertz CT molecular complexity index is 677. The van der Waals surface area contributed by atoms with E-state index < -0.39 is 21.8 Å². The Balaban J connectivity index is 2.30. The number of halogens is 1. The van der Waals surface area contributed by atoms with Gasteiger partial charge in [-0.15, -0.1) is 0 Å². The second-order valence-corrected chi connectivity index (χ2v) is 6.07. The number of fused-ring (bicyclic) bond motifs is 3. The molecule has 1 aliphatic heterocycles. The van der Waals surface area contributed by atoms with Gasteiger partial charge >= 0.3 is 129 Å². The molecule has 1 aromatic heterocycles. The van der Waals surface area contributed by atoms with Gasteiger partial charge in [-0.1, -0.05) is 0 Å². The van der Waals surface area contributed by atoms with Gasteiger partial charge < -0.3 is 0 Å². The van der Waals surface area contributed by atoms with Crippen molar-refractivity contribution in [2.24, 2.45) is 9.68 Å². The Morgan fingerprint density at radius 2 is 2.00 bits per heavy atom. The number of aromatic nitrogens is 1. The van der Waals surface area contributed by atoms with Crippen LogP contribution in [0.15, 0.2) is 49.8 Å². The van der Waals surface area contributed by atoms with Crippen LogP contribution in [0, 0.1) is 0 Å². The van der Waals surface area contributed by atoms with Gasteiger partial charge in [-0.25, -0.2) is 0 Å². The SMILES string of the molecule is C=CN1Cc2c(c3ccccc3n2[I-]N)C(N)N1C=C. The number of rotatable bonds is 3. The number of hydrazine groups is 1. The fraction of sp³-hybridized carbons (Fsp3) is 0.143. The van der Waals surface area contributed by atoms with Crippen LogP contribution in [-0.4, -0.2) is 12.8 Å². The van der Waals surface area contributed by atoms with Crippen LogP contribution in [0.4, 0.5) is 0 Å². The van der Waals surface area contributed by atoms with Crippen molar-refractivity contribution in [3.8, 4) is 0 Å². The van der Waals surface area contributed by atoms with E-state index in [1.165, 1.54) is 11.1 Å². The van der Waals surface area contributed by atoms with Crippen LogP contribution in [0.5, 0.6) is 0 Å². The molecule has 0 fully saturated rings. The first kappa shape index (κ1) is 13.5. The molecule has 1 unspecified atom stereocenters. The van der Waals surface area contributed by atoms with Gasteiger partial charge in [-0.3, -0.25) is 0 Å². The second-order valence-electron chi connectivity index (χ2n) is 4.54. The van der Waals surface area contributed by atoms with E-state index >= 15 is 0 Å². The first-order chi connectivity index (χ1) is 9.72. The van der Waals surface area contributed by atoms with Crippen molar-refractivity contribution >= 4 is 10.9 Å².